The molecule has 146 valence electrons. The molecule has 0 saturated carbocycles. The molecule has 1 aliphatic rings. The Morgan fingerprint density at radius 1 is 1.07 bits per heavy atom. The van der Waals surface area contributed by atoms with E-state index in [0.717, 1.165) is 22.2 Å². The standard InChI is InChI=1S/C21H23N3O3S/c1-16-5-4-6-17(13-16)15-28(25,26)24-11-9-18(10-12-24)27-21-14-22-19-7-2-3-8-20(19)23-21/h2-8,13-14,18H,9-12,15H2,1H3. The summed E-state index contributed by atoms with van der Waals surface area (Å²) < 4.78 is 33.0. The molecule has 0 atom stereocenters. The van der Waals surface area contributed by atoms with Gasteiger partial charge in [0.1, 0.15) is 6.10 Å². The zero-order chi connectivity index (χ0) is 19.6. The van der Waals surface area contributed by atoms with Gasteiger partial charge in [-0.3, -0.25) is 0 Å². The van der Waals surface area contributed by atoms with Gasteiger partial charge in [0, 0.05) is 13.1 Å². The maximum Gasteiger partial charge on any atom is 0.233 e. The van der Waals surface area contributed by atoms with Gasteiger partial charge < -0.3 is 4.74 Å². The molecule has 4 rings (SSSR count). The number of piperidine rings is 1. The highest BCUT2D eigenvalue weighted by atomic mass is 32.2. The van der Waals surface area contributed by atoms with Crippen LogP contribution in [0.4, 0.5) is 0 Å². The molecular formula is C21H23N3O3S. The third kappa shape index (κ3) is 4.31. The van der Waals surface area contributed by atoms with E-state index in [2.05, 4.69) is 9.97 Å². The third-order valence-corrected chi connectivity index (χ3v) is 6.79. The first-order valence-corrected chi connectivity index (χ1v) is 11.0. The van der Waals surface area contributed by atoms with Gasteiger partial charge in [-0.2, -0.15) is 0 Å². The minimum atomic E-state index is -3.33. The normalized spacial score (nSPS) is 16.3. The molecule has 1 fully saturated rings. The Hall–Kier alpha value is -2.51. The summed E-state index contributed by atoms with van der Waals surface area (Å²) in [5.74, 6) is 0.524. The molecule has 0 spiro atoms. The van der Waals surface area contributed by atoms with Crippen molar-refractivity contribution in [3.05, 3.63) is 65.9 Å². The first-order valence-electron chi connectivity index (χ1n) is 9.41. The second-order valence-electron chi connectivity index (χ2n) is 7.16. The highest BCUT2D eigenvalue weighted by Gasteiger charge is 2.29. The molecule has 0 unspecified atom stereocenters. The summed E-state index contributed by atoms with van der Waals surface area (Å²) in [6.45, 7) is 2.88. The van der Waals surface area contributed by atoms with Crippen molar-refractivity contribution in [1.29, 1.82) is 0 Å². The van der Waals surface area contributed by atoms with Gasteiger partial charge in [-0.25, -0.2) is 22.7 Å². The third-order valence-electron chi connectivity index (χ3n) is 4.94. The number of hydrogen-bond acceptors (Lipinski definition) is 5. The Kier molecular flexibility index (Phi) is 5.28. The number of ether oxygens (including phenoxy) is 1. The molecule has 0 N–H and O–H groups in total. The number of sulfonamides is 1. The Balaban J connectivity index is 1.37. The summed E-state index contributed by atoms with van der Waals surface area (Å²) in [5, 5.41) is 0. The van der Waals surface area contributed by atoms with Crippen LogP contribution in [0.25, 0.3) is 11.0 Å². The number of rotatable bonds is 5. The molecule has 1 aliphatic heterocycles. The van der Waals surface area contributed by atoms with Gasteiger partial charge in [-0.1, -0.05) is 42.0 Å². The molecule has 2 heterocycles. The van der Waals surface area contributed by atoms with Gasteiger partial charge >= 0.3 is 0 Å². The van der Waals surface area contributed by atoms with Crippen LogP contribution in [0.1, 0.15) is 24.0 Å². The number of aromatic nitrogens is 2. The maximum atomic E-state index is 12.7. The van der Waals surface area contributed by atoms with E-state index in [1.54, 1.807) is 10.5 Å². The fourth-order valence-corrected chi connectivity index (χ4v) is 5.05. The summed E-state index contributed by atoms with van der Waals surface area (Å²) in [6.07, 6.45) is 2.85. The van der Waals surface area contributed by atoms with Crippen LogP contribution in [0.3, 0.4) is 0 Å². The van der Waals surface area contributed by atoms with Gasteiger partial charge in [-0.05, 0) is 37.5 Å². The van der Waals surface area contributed by atoms with Crippen molar-refractivity contribution >= 4 is 21.1 Å². The molecule has 1 aromatic heterocycles. The second-order valence-corrected chi connectivity index (χ2v) is 9.13. The van der Waals surface area contributed by atoms with E-state index < -0.39 is 10.0 Å². The predicted molar refractivity (Wildman–Crippen MR) is 109 cm³/mol. The first-order chi connectivity index (χ1) is 13.5. The van der Waals surface area contributed by atoms with Crippen molar-refractivity contribution in [2.75, 3.05) is 13.1 Å². The average Bonchev–Trinajstić information content (AvgIpc) is 2.68. The Bertz CT molecular complexity index is 1080. The van der Waals surface area contributed by atoms with E-state index in [-0.39, 0.29) is 11.9 Å². The van der Waals surface area contributed by atoms with Crippen molar-refractivity contribution < 1.29 is 13.2 Å². The summed E-state index contributed by atoms with van der Waals surface area (Å²) in [7, 11) is -3.33. The molecule has 1 saturated heterocycles. The topological polar surface area (TPSA) is 72.4 Å². The van der Waals surface area contributed by atoms with E-state index in [1.165, 1.54) is 0 Å². The number of nitrogens with zero attached hydrogens (tertiary/aromatic N) is 3. The lowest BCUT2D eigenvalue weighted by atomic mass is 10.1. The van der Waals surface area contributed by atoms with E-state index in [4.69, 9.17) is 4.74 Å². The molecule has 0 aliphatic carbocycles. The van der Waals surface area contributed by atoms with Crippen molar-refractivity contribution in [3.8, 4) is 5.88 Å². The van der Waals surface area contributed by atoms with E-state index >= 15 is 0 Å². The Morgan fingerprint density at radius 3 is 2.57 bits per heavy atom. The van der Waals surface area contributed by atoms with Crippen LogP contribution in [0.2, 0.25) is 0 Å². The predicted octanol–water partition coefficient (Wildman–Crippen LogP) is 3.31. The summed E-state index contributed by atoms with van der Waals surface area (Å²) >= 11 is 0. The summed E-state index contributed by atoms with van der Waals surface area (Å²) in [4.78, 5) is 8.85. The van der Waals surface area contributed by atoms with Crippen LogP contribution in [0.5, 0.6) is 5.88 Å². The van der Waals surface area contributed by atoms with Crippen LogP contribution in [-0.4, -0.2) is 41.9 Å². The van der Waals surface area contributed by atoms with Crippen molar-refractivity contribution in [1.82, 2.24) is 14.3 Å². The summed E-state index contributed by atoms with van der Waals surface area (Å²) in [6, 6.07) is 15.3. The molecule has 0 amide bonds. The van der Waals surface area contributed by atoms with Crippen LogP contribution in [0.15, 0.2) is 54.7 Å². The van der Waals surface area contributed by atoms with Crippen molar-refractivity contribution in [2.45, 2.75) is 31.6 Å². The lowest BCUT2D eigenvalue weighted by molar-refractivity contribution is 0.130. The van der Waals surface area contributed by atoms with Gasteiger partial charge in [0.2, 0.25) is 15.9 Å². The molecule has 0 radical (unpaired) electrons. The Labute approximate surface area is 165 Å². The number of aryl methyl sites for hydroxylation is 1. The summed E-state index contributed by atoms with van der Waals surface area (Å²) in [5.41, 5.74) is 3.51. The largest absolute Gasteiger partial charge is 0.473 e. The Morgan fingerprint density at radius 2 is 1.82 bits per heavy atom. The zero-order valence-corrected chi connectivity index (χ0v) is 16.6. The van der Waals surface area contributed by atoms with Crippen LogP contribution < -0.4 is 4.74 Å². The number of para-hydroxylation sites is 2. The van der Waals surface area contributed by atoms with E-state index in [0.29, 0.717) is 31.8 Å². The number of fused-ring (bicyclic) bond motifs is 1. The molecule has 2 aromatic carbocycles. The highest BCUT2D eigenvalue weighted by Crippen LogP contribution is 2.22. The number of hydrogen-bond donors (Lipinski definition) is 0. The minimum absolute atomic E-state index is 0.0380. The molecule has 3 aromatic rings. The van der Waals surface area contributed by atoms with Gasteiger partial charge in [0.25, 0.3) is 0 Å². The monoisotopic (exact) mass is 397 g/mol. The van der Waals surface area contributed by atoms with Gasteiger partial charge in [0.15, 0.2) is 0 Å². The van der Waals surface area contributed by atoms with Crippen molar-refractivity contribution in [3.63, 3.8) is 0 Å². The second kappa shape index (κ2) is 7.85. The highest BCUT2D eigenvalue weighted by molar-refractivity contribution is 7.88. The van der Waals surface area contributed by atoms with Gasteiger partial charge in [0.05, 0.1) is 23.0 Å². The molecular weight excluding hydrogens is 374 g/mol. The molecule has 6 nitrogen and oxygen atoms in total. The van der Waals surface area contributed by atoms with Gasteiger partial charge in [-0.15, -0.1) is 0 Å². The average molecular weight is 398 g/mol. The van der Waals surface area contributed by atoms with Crippen LogP contribution >= 0.6 is 0 Å². The fourth-order valence-electron chi connectivity index (χ4n) is 3.50. The molecule has 7 heteroatoms. The van der Waals surface area contributed by atoms with Crippen molar-refractivity contribution in [2.24, 2.45) is 0 Å². The molecule has 28 heavy (non-hydrogen) atoms. The van der Waals surface area contributed by atoms with Crippen LogP contribution in [-0.2, 0) is 15.8 Å². The zero-order valence-electron chi connectivity index (χ0n) is 15.8. The van der Waals surface area contributed by atoms with E-state index in [9.17, 15) is 8.42 Å². The fraction of sp³-hybridized carbons (Fsp3) is 0.333. The van der Waals surface area contributed by atoms with Crippen LogP contribution in [0, 0.1) is 6.92 Å². The minimum Gasteiger partial charge on any atom is -0.473 e. The SMILES string of the molecule is Cc1cccc(CS(=O)(=O)N2CCC(Oc3cnc4ccccc4n3)CC2)c1. The first kappa shape index (κ1) is 18.8. The number of benzene rings is 2. The smallest absolute Gasteiger partial charge is 0.233 e. The van der Waals surface area contributed by atoms with E-state index in [1.807, 2.05) is 55.5 Å². The quantitative estimate of drug-likeness (QED) is 0.660. The lowest BCUT2D eigenvalue weighted by Crippen LogP contribution is -2.42. The lowest BCUT2D eigenvalue weighted by Gasteiger charge is -2.31. The maximum absolute atomic E-state index is 12.7. The molecule has 0 bridgehead atoms.